The predicted octanol–water partition coefficient (Wildman–Crippen LogP) is 0.831. The Balaban J connectivity index is 2.06. The number of rotatable bonds is 3. The summed E-state index contributed by atoms with van der Waals surface area (Å²) in [6.07, 6.45) is 0.186. The molecule has 17 heavy (non-hydrogen) atoms. The van der Waals surface area contributed by atoms with Gasteiger partial charge in [-0.1, -0.05) is 13.8 Å². The zero-order chi connectivity index (χ0) is 12.6. The summed E-state index contributed by atoms with van der Waals surface area (Å²) in [7, 11) is 1.49. The molecule has 1 aromatic heterocycles. The smallest absolute Gasteiger partial charge is 0.251 e. The first-order valence-corrected chi connectivity index (χ1v) is 6.17. The maximum Gasteiger partial charge on any atom is 0.251 e. The maximum atomic E-state index is 11.7. The van der Waals surface area contributed by atoms with Crippen molar-refractivity contribution in [3.63, 3.8) is 0 Å². The van der Waals surface area contributed by atoms with Crippen LogP contribution in [0.25, 0.3) is 0 Å². The minimum atomic E-state index is -0.500. The lowest BCUT2D eigenvalue weighted by Gasteiger charge is -2.08. The Hall–Kier alpha value is -1.50. The summed E-state index contributed by atoms with van der Waals surface area (Å²) in [5.41, 5.74) is 0. The van der Waals surface area contributed by atoms with E-state index in [0.717, 1.165) is 10.7 Å². The van der Waals surface area contributed by atoms with E-state index in [1.807, 2.05) is 13.8 Å². The second-order valence-corrected chi connectivity index (χ2v) is 5.06. The first-order chi connectivity index (χ1) is 7.99. The van der Waals surface area contributed by atoms with Crippen LogP contribution in [0, 0.1) is 0 Å². The number of likely N-dealkylation sites (tertiary alicyclic amines) is 1. The second kappa shape index (κ2) is 4.40. The fourth-order valence-electron chi connectivity index (χ4n) is 1.55. The molecule has 0 aromatic carbocycles. The number of carbonyl (C=O) groups excluding carboxylic acids is 2. The molecule has 0 bridgehead atoms. The van der Waals surface area contributed by atoms with Gasteiger partial charge in [0.15, 0.2) is 0 Å². The topological polar surface area (TPSA) is 75.2 Å². The van der Waals surface area contributed by atoms with E-state index in [0.29, 0.717) is 5.13 Å². The van der Waals surface area contributed by atoms with E-state index >= 15 is 0 Å². The first-order valence-electron chi connectivity index (χ1n) is 5.39. The van der Waals surface area contributed by atoms with Gasteiger partial charge in [0, 0.05) is 24.5 Å². The molecule has 1 aliphatic heterocycles. The molecule has 7 heteroatoms. The van der Waals surface area contributed by atoms with Crippen LogP contribution < -0.4 is 5.32 Å². The third-order valence-corrected chi connectivity index (χ3v) is 3.30. The molecule has 6 nitrogen and oxygen atoms in total. The van der Waals surface area contributed by atoms with Gasteiger partial charge < -0.3 is 5.32 Å². The summed E-state index contributed by atoms with van der Waals surface area (Å²) in [5.74, 6) is 0.630. The van der Waals surface area contributed by atoms with Crippen molar-refractivity contribution in [3.05, 3.63) is 5.82 Å². The van der Waals surface area contributed by atoms with Crippen LogP contribution in [0.15, 0.2) is 0 Å². The molecule has 2 amide bonds. The number of hydrogen-bond donors (Lipinski definition) is 1. The monoisotopic (exact) mass is 254 g/mol. The minimum absolute atomic E-state index is 0.166. The van der Waals surface area contributed by atoms with Gasteiger partial charge in [-0.2, -0.15) is 4.37 Å². The standard InChI is InChI=1S/C10H14N4O2S/c1-5(2)8-12-10(17-13-8)11-6-4-7(15)14(3)9(6)16/h5-6H,4H2,1-3H3,(H,11,12,13). The molecule has 92 valence electrons. The van der Waals surface area contributed by atoms with Crippen LogP contribution in [0.4, 0.5) is 5.13 Å². The number of hydrogen-bond acceptors (Lipinski definition) is 6. The molecule has 1 aliphatic rings. The Bertz CT molecular complexity index is 457. The van der Waals surface area contributed by atoms with Gasteiger partial charge in [0.2, 0.25) is 11.0 Å². The summed E-state index contributed by atoms with van der Waals surface area (Å²) in [5, 5.41) is 3.55. The summed E-state index contributed by atoms with van der Waals surface area (Å²) in [6, 6.07) is -0.500. The summed E-state index contributed by atoms with van der Waals surface area (Å²) in [4.78, 5) is 28.4. The molecule has 0 radical (unpaired) electrons. The van der Waals surface area contributed by atoms with Crippen LogP contribution in [-0.2, 0) is 9.59 Å². The van der Waals surface area contributed by atoms with Gasteiger partial charge in [-0.15, -0.1) is 0 Å². The molecule has 2 heterocycles. The number of aromatic nitrogens is 2. The average Bonchev–Trinajstić information content (AvgIpc) is 2.82. The van der Waals surface area contributed by atoms with Crippen molar-refractivity contribution < 1.29 is 9.59 Å². The van der Waals surface area contributed by atoms with Crippen LogP contribution in [0.3, 0.4) is 0 Å². The Morgan fingerprint density at radius 2 is 2.18 bits per heavy atom. The average molecular weight is 254 g/mol. The maximum absolute atomic E-state index is 11.7. The molecule has 0 saturated carbocycles. The van der Waals surface area contributed by atoms with E-state index in [9.17, 15) is 9.59 Å². The molecular formula is C10H14N4O2S. The molecule has 0 spiro atoms. The quantitative estimate of drug-likeness (QED) is 0.809. The number of likely N-dealkylation sites (N-methyl/N-ethyl adjacent to an activating group) is 1. The molecular weight excluding hydrogens is 240 g/mol. The highest BCUT2D eigenvalue weighted by Gasteiger charge is 2.36. The van der Waals surface area contributed by atoms with E-state index in [2.05, 4.69) is 14.7 Å². The van der Waals surface area contributed by atoms with Crippen molar-refractivity contribution in [2.45, 2.75) is 32.2 Å². The van der Waals surface area contributed by atoms with Gasteiger partial charge in [0.05, 0.1) is 6.42 Å². The van der Waals surface area contributed by atoms with Crippen LogP contribution in [0.1, 0.15) is 32.0 Å². The molecule has 2 rings (SSSR count). The van der Waals surface area contributed by atoms with Gasteiger partial charge in [0.1, 0.15) is 11.9 Å². The van der Waals surface area contributed by atoms with E-state index in [4.69, 9.17) is 0 Å². The highest BCUT2D eigenvalue weighted by atomic mass is 32.1. The SMILES string of the molecule is CC(C)c1nsc(NC2CC(=O)N(C)C2=O)n1. The van der Waals surface area contributed by atoms with Crippen molar-refractivity contribution >= 4 is 28.5 Å². The largest absolute Gasteiger partial charge is 0.348 e. The van der Waals surface area contributed by atoms with Crippen LogP contribution in [-0.4, -0.2) is 39.2 Å². The lowest BCUT2D eigenvalue weighted by Crippen LogP contribution is -2.31. The molecule has 1 fully saturated rings. The molecule has 1 atom stereocenters. The van der Waals surface area contributed by atoms with E-state index in [1.54, 1.807) is 0 Å². The number of amides is 2. The van der Waals surface area contributed by atoms with E-state index in [-0.39, 0.29) is 24.2 Å². The minimum Gasteiger partial charge on any atom is -0.348 e. The number of nitrogens with zero attached hydrogens (tertiary/aromatic N) is 3. The number of carbonyl (C=O) groups is 2. The molecule has 1 N–H and O–H groups in total. The molecule has 0 aliphatic carbocycles. The number of imide groups is 1. The Morgan fingerprint density at radius 1 is 1.47 bits per heavy atom. The van der Waals surface area contributed by atoms with Crippen LogP contribution in [0.5, 0.6) is 0 Å². The predicted molar refractivity (Wildman–Crippen MR) is 63.8 cm³/mol. The molecule has 1 aromatic rings. The third kappa shape index (κ3) is 2.28. The van der Waals surface area contributed by atoms with Gasteiger partial charge in [-0.25, -0.2) is 4.98 Å². The third-order valence-electron chi connectivity index (χ3n) is 2.64. The fraction of sp³-hybridized carbons (Fsp3) is 0.600. The van der Waals surface area contributed by atoms with Gasteiger partial charge in [-0.05, 0) is 0 Å². The zero-order valence-corrected chi connectivity index (χ0v) is 10.7. The molecule has 1 saturated heterocycles. The van der Waals surface area contributed by atoms with Crippen molar-refractivity contribution in [1.29, 1.82) is 0 Å². The lowest BCUT2D eigenvalue weighted by molar-refractivity contribution is -0.136. The number of nitrogens with one attached hydrogen (secondary N) is 1. The Kier molecular flexibility index (Phi) is 3.10. The summed E-state index contributed by atoms with van der Waals surface area (Å²) < 4.78 is 4.18. The van der Waals surface area contributed by atoms with Crippen molar-refractivity contribution in [2.75, 3.05) is 12.4 Å². The lowest BCUT2D eigenvalue weighted by atomic mass is 10.2. The highest BCUT2D eigenvalue weighted by Crippen LogP contribution is 2.21. The van der Waals surface area contributed by atoms with E-state index in [1.165, 1.54) is 18.6 Å². The van der Waals surface area contributed by atoms with Gasteiger partial charge in [-0.3, -0.25) is 14.5 Å². The Morgan fingerprint density at radius 3 is 2.65 bits per heavy atom. The highest BCUT2D eigenvalue weighted by molar-refractivity contribution is 7.09. The number of anilines is 1. The van der Waals surface area contributed by atoms with Crippen molar-refractivity contribution in [1.82, 2.24) is 14.3 Å². The van der Waals surface area contributed by atoms with Gasteiger partial charge >= 0.3 is 0 Å². The van der Waals surface area contributed by atoms with E-state index < -0.39 is 6.04 Å². The summed E-state index contributed by atoms with van der Waals surface area (Å²) in [6.45, 7) is 4.01. The molecule has 1 unspecified atom stereocenters. The Labute approximate surface area is 103 Å². The van der Waals surface area contributed by atoms with Gasteiger partial charge in [0.25, 0.3) is 5.91 Å². The second-order valence-electron chi connectivity index (χ2n) is 4.30. The van der Waals surface area contributed by atoms with Crippen molar-refractivity contribution in [2.24, 2.45) is 0 Å². The normalized spacial score (nSPS) is 20.5. The fourth-order valence-corrected chi connectivity index (χ4v) is 2.31. The first kappa shape index (κ1) is 12.0. The van der Waals surface area contributed by atoms with Crippen LogP contribution >= 0.6 is 11.5 Å². The summed E-state index contributed by atoms with van der Waals surface area (Å²) >= 11 is 1.21. The van der Waals surface area contributed by atoms with Crippen molar-refractivity contribution in [3.8, 4) is 0 Å². The van der Waals surface area contributed by atoms with Crippen LogP contribution in [0.2, 0.25) is 0 Å². The zero-order valence-electron chi connectivity index (χ0n) is 9.93.